The fourth-order valence-electron chi connectivity index (χ4n) is 1.34. The number of nitrogens with two attached hydrogens (primary N) is 1. The Bertz CT molecular complexity index is 436. The van der Waals surface area contributed by atoms with E-state index in [2.05, 4.69) is 0 Å². The number of nitro groups is 1. The van der Waals surface area contributed by atoms with Crippen molar-refractivity contribution in [3.63, 3.8) is 0 Å². The number of carboxylic acids is 1. The van der Waals surface area contributed by atoms with Crippen molar-refractivity contribution in [3.05, 3.63) is 38.9 Å². The third-order valence-corrected chi connectivity index (χ3v) is 2.32. The SMILES string of the molecule is NC(CC(=O)O)c1c(Cl)cccc1[N+](=O)[O-]. The van der Waals surface area contributed by atoms with Gasteiger partial charge in [0.05, 0.1) is 21.9 Å². The number of hydrogen-bond acceptors (Lipinski definition) is 4. The van der Waals surface area contributed by atoms with E-state index in [4.69, 9.17) is 22.4 Å². The van der Waals surface area contributed by atoms with Crippen molar-refractivity contribution in [1.29, 1.82) is 0 Å². The van der Waals surface area contributed by atoms with Gasteiger partial charge in [-0.1, -0.05) is 17.7 Å². The summed E-state index contributed by atoms with van der Waals surface area (Å²) < 4.78 is 0. The summed E-state index contributed by atoms with van der Waals surface area (Å²) in [6.45, 7) is 0. The highest BCUT2D eigenvalue weighted by molar-refractivity contribution is 6.31. The molecule has 7 heteroatoms. The number of halogens is 1. The maximum atomic E-state index is 10.7. The van der Waals surface area contributed by atoms with Crippen LogP contribution in [-0.2, 0) is 4.79 Å². The van der Waals surface area contributed by atoms with E-state index in [0.29, 0.717) is 0 Å². The third kappa shape index (κ3) is 2.68. The van der Waals surface area contributed by atoms with Crippen LogP contribution >= 0.6 is 11.6 Å². The molecule has 0 saturated heterocycles. The largest absolute Gasteiger partial charge is 0.481 e. The second kappa shape index (κ2) is 4.91. The molecule has 1 rings (SSSR count). The molecule has 0 amide bonds. The minimum atomic E-state index is -1.14. The first kappa shape index (κ1) is 12.4. The van der Waals surface area contributed by atoms with E-state index in [1.807, 2.05) is 0 Å². The first-order valence-corrected chi connectivity index (χ1v) is 4.71. The molecule has 6 nitrogen and oxygen atoms in total. The summed E-state index contributed by atoms with van der Waals surface area (Å²) in [4.78, 5) is 20.6. The van der Waals surface area contributed by atoms with Gasteiger partial charge >= 0.3 is 5.97 Å². The van der Waals surface area contributed by atoms with Gasteiger partial charge in [0.1, 0.15) is 0 Å². The molecule has 0 bridgehead atoms. The second-order valence-corrected chi connectivity index (χ2v) is 3.54. The summed E-state index contributed by atoms with van der Waals surface area (Å²) in [5, 5.41) is 19.4. The number of nitrogens with zero attached hydrogens (tertiary/aromatic N) is 1. The molecule has 0 radical (unpaired) electrons. The lowest BCUT2D eigenvalue weighted by Gasteiger charge is -2.11. The van der Waals surface area contributed by atoms with Gasteiger partial charge in [0.15, 0.2) is 0 Å². The molecule has 0 aliphatic carbocycles. The van der Waals surface area contributed by atoms with E-state index < -0.39 is 23.4 Å². The maximum Gasteiger partial charge on any atom is 0.305 e. The molecule has 0 aliphatic heterocycles. The lowest BCUT2D eigenvalue weighted by Crippen LogP contribution is -2.17. The highest BCUT2D eigenvalue weighted by Gasteiger charge is 2.23. The van der Waals surface area contributed by atoms with Crippen LogP contribution in [-0.4, -0.2) is 16.0 Å². The zero-order valence-electron chi connectivity index (χ0n) is 8.09. The van der Waals surface area contributed by atoms with Crippen molar-refractivity contribution in [2.45, 2.75) is 12.5 Å². The van der Waals surface area contributed by atoms with Crippen molar-refractivity contribution in [3.8, 4) is 0 Å². The predicted molar refractivity (Wildman–Crippen MR) is 57.3 cm³/mol. The second-order valence-electron chi connectivity index (χ2n) is 3.13. The van der Waals surface area contributed by atoms with Gasteiger partial charge < -0.3 is 10.8 Å². The molecular formula is C9H9ClN2O4. The van der Waals surface area contributed by atoms with Gasteiger partial charge in [-0.15, -0.1) is 0 Å². The Kier molecular flexibility index (Phi) is 3.81. The Morgan fingerprint density at radius 1 is 1.62 bits per heavy atom. The van der Waals surface area contributed by atoms with E-state index in [0.717, 1.165) is 0 Å². The quantitative estimate of drug-likeness (QED) is 0.619. The summed E-state index contributed by atoms with van der Waals surface area (Å²) in [5.41, 5.74) is 5.36. The fraction of sp³-hybridized carbons (Fsp3) is 0.222. The fourth-order valence-corrected chi connectivity index (χ4v) is 1.65. The van der Waals surface area contributed by atoms with Crippen LogP contribution in [0, 0.1) is 10.1 Å². The van der Waals surface area contributed by atoms with Crippen LogP contribution in [0.25, 0.3) is 0 Å². The first-order valence-electron chi connectivity index (χ1n) is 4.33. The summed E-state index contributed by atoms with van der Waals surface area (Å²) >= 11 is 5.77. The molecule has 0 fully saturated rings. The van der Waals surface area contributed by atoms with Gasteiger partial charge in [0.2, 0.25) is 0 Å². The summed E-state index contributed by atoms with van der Waals surface area (Å²) in [5.74, 6) is -1.14. The van der Waals surface area contributed by atoms with Crippen molar-refractivity contribution < 1.29 is 14.8 Å². The van der Waals surface area contributed by atoms with E-state index >= 15 is 0 Å². The average Bonchev–Trinajstić information content (AvgIpc) is 2.15. The molecule has 3 N–H and O–H groups in total. The zero-order chi connectivity index (χ0) is 12.3. The number of aliphatic carboxylic acids is 1. The molecule has 1 unspecified atom stereocenters. The standard InChI is InChI=1S/C9H9ClN2O4/c10-5-2-1-3-7(12(15)16)9(5)6(11)4-8(13)14/h1-3,6H,4,11H2,(H,13,14). The molecule has 86 valence electrons. The minimum absolute atomic E-state index is 0.0524. The Balaban J connectivity index is 3.19. The first-order chi connectivity index (χ1) is 7.43. The smallest absolute Gasteiger partial charge is 0.305 e. The van der Waals surface area contributed by atoms with Crippen LogP contribution in [0.2, 0.25) is 5.02 Å². The van der Waals surface area contributed by atoms with Gasteiger partial charge in [0, 0.05) is 12.1 Å². The monoisotopic (exact) mass is 244 g/mol. The number of benzene rings is 1. The normalized spacial score (nSPS) is 12.1. The third-order valence-electron chi connectivity index (χ3n) is 1.99. The topological polar surface area (TPSA) is 106 Å². The Labute approximate surface area is 95.8 Å². The van der Waals surface area contributed by atoms with Crippen LogP contribution in [0.4, 0.5) is 5.69 Å². The number of carbonyl (C=O) groups is 1. The van der Waals surface area contributed by atoms with Crippen molar-refractivity contribution in [2.75, 3.05) is 0 Å². The Hall–Kier alpha value is -1.66. The molecular weight excluding hydrogens is 236 g/mol. The van der Waals surface area contributed by atoms with Crippen LogP contribution < -0.4 is 5.73 Å². The van der Waals surface area contributed by atoms with Crippen molar-refractivity contribution in [1.82, 2.24) is 0 Å². The minimum Gasteiger partial charge on any atom is -0.481 e. The molecule has 1 aromatic carbocycles. The summed E-state index contributed by atoms with van der Waals surface area (Å²) in [7, 11) is 0. The Morgan fingerprint density at radius 2 is 2.25 bits per heavy atom. The molecule has 0 spiro atoms. The summed E-state index contributed by atoms with van der Waals surface area (Å²) in [6.07, 6.45) is -0.412. The highest BCUT2D eigenvalue weighted by Crippen LogP contribution is 2.32. The number of rotatable bonds is 4. The van der Waals surface area contributed by atoms with Crippen LogP contribution in [0.5, 0.6) is 0 Å². The van der Waals surface area contributed by atoms with Crippen LogP contribution in [0.1, 0.15) is 18.0 Å². The van der Waals surface area contributed by atoms with Crippen molar-refractivity contribution >= 4 is 23.3 Å². The molecule has 0 aliphatic rings. The Morgan fingerprint density at radius 3 is 2.75 bits per heavy atom. The van der Waals surface area contributed by atoms with E-state index in [1.54, 1.807) is 0 Å². The number of hydrogen-bond donors (Lipinski definition) is 2. The van der Waals surface area contributed by atoms with Gasteiger partial charge in [-0.25, -0.2) is 0 Å². The van der Waals surface area contributed by atoms with Gasteiger partial charge in [-0.2, -0.15) is 0 Å². The van der Waals surface area contributed by atoms with E-state index in [9.17, 15) is 14.9 Å². The maximum absolute atomic E-state index is 10.7. The molecule has 1 aromatic rings. The number of carboxylic acid groups (broad SMARTS) is 1. The lowest BCUT2D eigenvalue weighted by atomic mass is 10.0. The zero-order valence-corrected chi connectivity index (χ0v) is 8.85. The summed E-state index contributed by atoms with van der Waals surface area (Å²) in [6, 6.07) is 3.10. The van der Waals surface area contributed by atoms with Crippen LogP contribution in [0.3, 0.4) is 0 Å². The van der Waals surface area contributed by atoms with Crippen LogP contribution in [0.15, 0.2) is 18.2 Å². The van der Waals surface area contributed by atoms with E-state index in [1.165, 1.54) is 18.2 Å². The predicted octanol–water partition coefficient (Wildman–Crippen LogP) is 1.72. The van der Waals surface area contributed by atoms with E-state index in [-0.39, 0.29) is 16.3 Å². The molecule has 0 heterocycles. The average molecular weight is 245 g/mol. The van der Waals surface area contributed by atoms with Gasteiger partial charge in [-0.3, -0.25) is 14.9 Å². The molecule has 0 saturated carbocycles. The molecule has 16 heavy (non-hydrogen) atoms. The number of nitro benzene ring substituents is 1. The van der Waals surface area contributed by atoms with Gasteiger partial charge in [-0.05, 0) is 6.07 Å². The molecule has 1 atom stereocenters. The van der Waals surface area contributed by atoms with Gasteiger partial charge in [0.25, 0.3) is 5.69 Å². The van der Waals surface area contributed by atoms with Crippen molar-refractivity contribution in [2.24, 2.45) is 5.73 Å². The lowest BCUT2D eigenvalue weighted by molar-refractivity contribution is -0.385. The molecule has 0 aromatic heterocycles. The highest BCUT2D eigenvalue weighted by atomic mass is 35.5.